The molecule has 1 aliphatic heterocycles. The fraction of sp³-hybridized carbons (Fsp3) is 0.552. The second-order valence-corrected chi connectivity index (χ2v) is 11.5. The van der Waals surface area contributed by atoms with Crippen LogP contribution < -0.4 is 10.5 Å². The highest BCUT2D eigenvalue weighted by atomic mass is 16.5. The highest BCUT2D eigenvalue weighted by molar-refractivity contribution is 6.24. The number of amides is 1. The molecule has 0 aromatic heterocycles. The number of aliphatic hydroxyl groups excluding tert-OH is 2. The van der Waals surface area contributed by atoms with Crippen LogP contribution in [0.3, 0.4) is 0 Å². The van der Waals surface area contributed by atoms with Crippen LogP contribution in [-0.4, -0.2) is 106 Å². The monoisotopic (exact) mass is 571 g/mol. The van der Waals surface area contributed by atoms with Gasteiger partial charge in [-0.1, -0.05) is 6.92 Å². The van der Waals surface area contributed by atoms with Gasteiger partial charge in [0.1, 0.15) is 28.6 Å². The number of primary amides is 1. The molecule has 1 aromatic carbocycles. The first-order valence-corrected chi connectivity index (χ1v) is 13.8. The van der Waals surface area contributed by atoms with Gasteiger partial charge < -0.3 is 35.6 Å². The maximum atomic E-state index is 14.0. The Kier molecular flexibility index (Phi) is 7.39. The van der Waals surface area contributed by atoms with Gasteiger partial charge in [0, 0.05) is 41.8 Å². The van der Waals surface area contributed by atoms with Crippen molar-refractivity contribution in [3.8, 4) is 11.5 Å². The summed E-state index contributed by atoms with van der Waals surface area (Å²) in [6.45, 7) is 4.54. The molecule has 1 amide bonds. The average molecular weight is 572 g/mol. The maximum absolute atomic E-state index is 14.0. The lowest BCUT2D eigenvalue weighted by Gasteiger charge is -2.50. The number of carbonyl (C=O) groups excluding carboxylic acids is 3. The molecule has 1 aromatic rings. The molecule has 1 heterocycles. The van der Waals surface area contributed by atoms with E-state index in [1.54, 1.807) is 14.1 Å². The Morgan fingerprint density at radius 3 is 2.51 bits per heavy atom. The average Bonchev–Trinajstić information content (AvgIpc) is 3.44. The first kappa shape index (κ1) is 29.1. The Morgan fingerprint density at radius 2 is 1.95 bits per heavy atom. The molecule has 1 saturated carbocycles. The van der Waals surface area contributed by atoms with Crippen molar-refractivity contribution in [3.05, 3.63) is 39.7 Å². The summed E-state index contributed by atoms with van der Waals surface area (Å²) in [5.41, 5.74) is 2.89. The van der Waals surface area contributed by atoms with E-state index in [9.17, 15) is 34.8 Å². The predicted octanol–water partition coefficient (Wildman–Crippen LogP) is 0.583. The summed E-state index contributed by atoms with van der Waals surface area (Å²) in [7, 11) is 4.63. The third-order valence-corrected chi connectivity index (χ3v) is 9.15. The lowest BCUT2D eigenvalue weighted by atomic mass is 9.57. The number of phenols is 1. The Hall–Kier alpha value is -3.45. The van der Waals surface area contributed by atoms with Gasteiger partial charge in [0.2, 0.25) is 5.78 Å². The molecule has 12 heteroatoms. The summed E-state index contributed by atoms with van der Waals surface area (Å²) >= 11 is 0. The summed E-state index contributed by atoms with van der Waals surface area (Å²) in [5.74, 6) is -6.36. The number of rotatable bonds is 7. The van der Waals surface area contributed by atoms with Crippen molar-refractivity contribution in [2.45, 2.75) is 50.4 Å². The number of ether oxygens (including phenoxy) is 2. The number of fused-ring (bicyclic) bond motifs is 3. The van der Waals surface area contributed by atoms with Gasteiger partial charge in [-0.25, -0.2) is 0 Å². The first-order chi connectivity index (χ1) is 19.4. The predicted molar refractivity (Wildman–Crippen MR) is 146 cm³/mol. The Morgan fingerprint density at radius 1 is 1.24 bits per heavy atom. The van der Waals surface area contributed by atoms with Crippen LogP contribution in [0.15, 0.2) is 23.0 Å². The minimum absolute atomic E-state index is 0.00846. The lowest BCUT2D eigenvalue weighted by Crippen LogP contribution is -2.65. The van der Waals surface area contributed by atoms with Gasteiger partial charge in [-0.15, -0.1) is 0 Å². The third kappa shape index (κ3) is 4.23. The van der Waals surface area contributed by atoms with Crippen molar-refractivity contribution in [2.24, 2.45) is 17.6 Å². The topological polar surface area (TPSA) is 183 Å². The van der Waals surface area contributed by atoms with Crippen LogP contribution >= 0.6 is 0 Å². The maximum Gasteiger partial charge on any atom is 0.255 e. The number of aromatic hydroxyl groups is 1. The van der Waals surface area contributed by atoms with Crippen LogP contribution in [-0.2, 0) is 32.1 Å². The van der Waals surface area contributed by atoms with Gasteiger partial charge in [0.15, 0.2) is 11.4 Å². The normalized spacial score (nSPS) is 29.6. The number of hydrogen-bond acceptors (Lipinski definition) is 11. The number of aliphatic hydroxyl groups is 3. The molecular formula is C29H37N3O9. The van der Waals surface area contributed by atoms with Gasteiger partial charge >= 0.3 is 0 Å². The highest BCUT2D eigenvalue weighted by Gasteiger charge is 2.64. The molecule has 0 radical (unpaired) electrons. The zero-order chi connectivity index (χ0) is 30.0. The smallest absolute Gasteiger partial charge is 0.255 e. The van der Waals surface area contributed by atoms with Crippen LogP contribution in [0, 0.1) is 11.8 Å². The van der Waals surface area contributed by atoms with Crippen LogP contribution in [0.25, 0.3) is 5.76 Å². The zero-order valence-corrected chi connectivity index (χ0v) is 23.6. The van der Waals surface area contributed by atoms with Crippen molar-refractivity contribution >= 4 is 23.2 Å². The fourth-order valence-corrected chi connectivity index (χ4v) is 7.26. The molecular weight excluding hydrogens is 534 g/mol. The highest BCUT2D eigenvalue weighted by Crippen LogP contribution is 2.54. The number of likely N-dealkylation sites (N-methyl/N-ethyl adjacent to an activating group) is 2. The van der Waals surface area contributed by atoms with Crippen LogP contribution in [0.1, 0.15) is 36.5 Å². The molecule has 0 unspecified atom stereocenters. The van der Waals surface area contributed by atoms with E-state index in [0.29, 0.717) is 36.6 Å². The number of phenolic OH excluding ortho intramolecular Hbond substituents is 1. The second-order valence-electron chi connectivity index (χ2n) is 11.5. The van der Waals surface area contributed by atoms with E-state index < -0.39 is 58.0 Å². The van der Waals surface area contributed by atoms with E-state index >= 15 is 0 Å². The van der Waals surface area contributed by atoms with Crippen molar-refractivity contribution in [3.63, 3.8) is 0 Å². The van der Waals surface area contributed by atoms with Gasteiger partial charge in [-0.05, 0) is 51.9 Å². The summed E-state index contributed by atoms with van der Waals surface area (Å²) < 4.78 is 11.4. The minimum Gasteiger partial charge on any atom is -0.508 e. The number of Topliss-reactive ketones (excluding diaryl/α,β-unsaturated/α-hetero) is 2. The van der Waals surface area contributed by atoms with Crippen molar-refractivity contribution in [2.75, 3.05) is 41.0 Å². The van der Waals surface area contributed by atoms with Crippen molar-refractivity contribution in [1.82, 2.24) is 9.80 Å². The molecule has 41 heavy (non-hydrogen) atoms. The standard InChI is InChI=1S/C29H37N3O9/c1-5-32(15-6-7-41-12-15)11-14-10-18(33)20-16(25(14)40-4)8-13-9-17-22(31(2)3)24(35)21(28(30)38)27(37)29(17,39)26(36)19(13)23(20)34/h10,13,15,17,22,33-34,37,39H,5-9,11-12H2,1-4H3,(H2,30,38)/t13-,15+,17-,22-,29-/m0/s1. The Labute approximate surface area is 237 Å². The van der Waals surface area contributed by atoms with E-state index in [2.05, 4.69) is 4.90 Å². The van der Waals surface area contributed by atoms with E-state index in [0.717, 1.165) is 13.0 Å². The third-order valence-electron chi connectivity index (χ3n) is 9.15. The van der Waals surface area contributed by atoms with Gasteiger partial charge in [0.05, 0.1) is 25.3 Å². The molecule has 5 rings (SSSR count). The van der Waals surface area contributed by atoms with E-state index in [1.165, 1.54) is 18.1 Å². The summed E-state index contributed by atoms with van der Waals surface area (Å²) in [6, 6.07) is 0.581. The molecule has 6 N–H and O–H groups in total. The number of ketones is 2. The number of methoxy groups -OCH3 is 1. The Bertz CT molecular complexity index is 1380. The zero-order valence-electron chi connectivity index (χ0n) is 23.6. The molecule has 4 aliphatic rings. The SMILES string of the molecule is CCN(Cc1cc(O)c2c(c1OC)C[C@H]1C[C@H]3[C@H](N(C)C)C(=O)C(C(N)=O)=C(O)[C@@]3(O)C(=O)C1=C2O)[C@@H]1CCOC1. The molecule has 3 aliphatic carbocycles. The quantitative estimate of drug-likeness (QED) is 0.289. The number of hydrogen-bond donors (Lipinski definition) is 5. The van der Waals surface area contributed by atoms with E-state index in [1.807, 2.05) is 6.92 Å². The summed E-state index contributed by atoms with van der Waals surface area (Å²) in [6.07, 6.45) is 1.07. The number of carbonyl (C=O) groups is 3. The van der Waals surface area contributed by atoms with Gasteiger partial charge in [0.25, 0.3) is 5.91 Å². The summed E-state index contributed by atoms with van der Waals surface area (Å²) in [4.78, 5) is 43.1. The molecule has 0 spiro atoms. The molecule has 2 fully saturated rings. The second kappa shape index (κ2) is 10.4. The van der Waals surface area contributed by atoms with Gasteiger partial charge in [-0.3, -0.25) is 24.2 Å². The number of nitrogens with zero attached hydrogens (tertiary/aromatic N) is 2. The van der Waals surface area contributed by atoms with E-state index in [4.69, 9.17) is 15.2 Å². The Balaban J connectivity index is 1.64. The van der Waals surface area contributed by atoms with Crippen LogP contribution in [0.5, 0.6) is 11.5 Å². The molecule has 0 bridgehead atoms. The van der Waals surface area contributed by atoms with Crippen LogP contribution in [0.4, 0.5) is 0 Å². The fourth-order valence-electron chi connectivity index (χ4n) is 7.26. The first-order valence-electron chi connectivity index (χ1n) is 13.8. The van der Waals surface area contributed by atoms with Crippen molar-refractivity contribution in [1.29, 1.82) is 0 Å². The largest absolute Gasteiger partial charge is 0.508 e. The molecule has 12 nitrogen and oxygen atoms in total. The minimum atomic E-state index is -2.67. The van der Waals surface area contributed by atoms with Gasteiger partial charge in [-0.2, -0.15) is 0 Å². The van der Waals surface area contributed by atoms with Crippen LogP contribution in [0.2, 0.25) is 0 Å². The summed E-state index contributed by atoms with van der Waals surface area (Å²) in [5, 5.41) is 45.3. The molecule has 222 valence electrons. The lowest BCUT2D eigenvalue weighted by molar-refractivity contribution is -0.153. The van der Waals surface area contributed by atoms with E-state index in [-0.39, 0.29) is 35.8 Å². The number of benzene rings is 1. The van der Waals surface area contributed by atoms with Crippen molar-refractivity contribution < 1.29 is 44.3 Å². The molecule has 1 saturated heterocycles. The molecule has 5 atom stereocenters. The number of nitrogens with two attached hydrogens (primary N) is 1.